The molecule has 0 amide bonds. The van der Waals surface area contributed by atoms with Crippen molar-refractivity contribution in [1.82, 2.24) is 4.90 Å². The van der Waals surface area contributed by atoms with Crippen LogP contribution in [-0.2, 0) is 16.1 Å². The molecule has 0 unspecified atom stereocenters. The van der Waals surface area contributed by atoms with Gasteiger partial charge >= 0.3 is 5.97 Å². The number of rotatable bonds is 3. The Bertz CT molecular complexity index is 488. The Morgan fingerprint density at radius 1 is 1.33 bits per heavy atom. The van der Waals surface area contributed by atoms with Crippen LogP contribution in [0.2, 0.25) is 0 Å². The van der Waals surface area contributed by atoms with E-state index >= 15 is 0 Å². The van der Waals surface area contributed by atoms with Gasteiger partial charge in [-0.05, 0) is 18.6 Å². The monoisotopic (exact) mass is 243 g/mol. The van der Waals surface area contributed by atoms with E-state index < -0.39 is 0 Å². The zero-order chi connectivity index (χ0) is 13.0. The third kappa shape index (κ3) is 3.23. The fourth-order valence-electron chi connectivity index (χ4n) is 1.94. The van der Waals surface area contributed by atoms with Gasteiger partial charge in [-0.15, -0.1) is 0 Å². The summed E-state index contributed by atoms with van der Waals surface area (Å²) in [7, 11) is 1.95. The van der Waals surface area contributed by atoms with Crippen molar-refractivity contribution >= 4 is 5.97 Å². The third-order valence-electron chi connectivity index (χ3n) is 2.71. The number of benzene rings is 1. The van der Waals surface area contributed by atoms with Crippen LogP contribution in [0.15, 0.2) is 53.8 Å². The standard InChI is InChI=1S/C15H17NO2/c1-12-8-14(10-16(2)9-12)15(17)18-11-13-6-4-3-5-7-13/h3-8,10H,9,11H2,1-2H3. The molecule has 3 heteroatoms. The fourth-order valence-corrected chi connectivity index (χ4v) is 1.94. The molecule has 0 saturated carbocycles. The van der Waals surface area contributed by atoms with Crippen molar-refractivity contribution in [2.24, 2.45) is 0 Å². The fraction of sp³-hybridized carbons (Fsp3) is 0.267. The van der Waals surface area contributed by atoms with E-state index in [-0.39, 0.29) is 5.97 Å². The Morgan fingerprint density at radius 2 is 2.06 bits per heavy atom. The molecule has 0 spiro atoms. The topological polar surface area (TPSA) is 29.5 Å². The van der Waals surface area contributed by atoms with Crippen LogP contribution in [0.4, 0.5) is 0 Å². The van der Waals surface area contributed by atoms with Crippen LogP contribution in [0.3, 0.4) is 0 Å². The molecule has 1 aromatic rings. The van der Waals surface area contributed by atoms with Gasteiger partial charge < -0.3 is 9.64 Å². The SMILES string of the molecule is CC1=CC(C(=O)OCc2ccccc2)=CN(C)C1. The lowest BCUT2D eigenvalue weighted by Gasteiger charge is -2.20. The first-order chi connectivity index (χ1) is 8.65. The molecule has 0 saturated heterocycles. The van der Waals surface area contributed by atoms with E-state index in [9.17, 15) is 4.79 Å². The second-order valence-electron chi connectivity index (χ2n) is 4.55. The molecular formula is C15H17NO2. The highest BCUT2D eigenvalue weighted by atomic mass is 16.5. The Hall–Kier alpha value is -2.03. The van der Waals surface area contributed by atoms with Gasteiger partial charge in [-0.1, -0.05) is 35.9 Å². The van der Waals surface area contributed by atoms with Crippen molar-refractivity contribution in [2.45, 2.75) is 13.5 Å². The van der Waals surface area contributed by atoms with E-state index in [0.29, 0.717) is 12.2 Å². The van der Waals surface area contributed by atoms with Gasteiger partial charge in [0, 0.05) is 19.8 Å². The number of hydrogen-bond donors (Lipinski definition) is 0. The number of carbonyl (C=O) groups is 1. The van der Waals surface area contributed by atoms with Gasteiger partial charge in [-0.3, -0.25) is 0 Å². The minimum atomic E-state index is -0.273. The van der Waals surface area contributed by atoms with Gasteiger partial charge in [0.2, 0.25) is 0 Å². The summed E-state index contributed by atoms with van der Waals surface area (Å²) in [5, 5.41) is 0. The maximum absolute atomic E-state index is 11.9. The number of esters is 1. The van der Waals surface area contributed by atoms with Crippen LogP contribution in [0.25, 0.3) is 0 Å². The van der Waals surface area contributed by atoms with Gasteiger partial charge in [0.25, 0.3) is 0 Å². The first-order valence-electron chi connectivity index (χ1n) is 5.95. The van der Waals surface area contributed by atoms with Crippen molar-refractivity contribution in [2.75, 3.05) is 13.6 Å². The molecule has 94 valence electrons. The number of nitrogens with zero attached hydrogens (tertiary/aromatic N) is 1. The summed E-state index contributed by atoms with van der Waals surface area (Å²) >= 11 is 0. The predicted molar refractivity (Wildman–Crippen MR) is 70.7 cm³/mol. The summed E-state index contributed by atoms with van der Waals surface area (Å²) in [6.45, 7) is 3.18. The summed E-state index contributed by atoms with van der Waals surface area (Å²) in [6, 6.07) is 9.68. The van der Waals surface area contributed by atoms with E-state index in [2.05, 4.69) is 0 Å². The Kier molecular flexibility index (Phi) is 3.82. The van der Waals surface area contributed by atoms with Gasteiger partial charge in [0.15, 0.2) is 0 Å². The number of hydrogen-bond acceptors (Lipinski definition) is 3. The normalized spacial score (nSPS) is 14.9. The van der Waals surface area contributed by atoms with Gasteiger partial charge in [0.1, 0.15) is 6.61 Å². The summed E-state index contributed by atoms with van der Waals surface area (Å²) in [5.74, 6) is -0.273. The smallest absolute Gasteiger partial charge is 0.339 e. The average molecular weight is 243 g/mol. The molecule has 0 N–H and O–H groups in total. The van der Waals surface area contributed by atoms with E-state index in [0.717, 1.165) is 17.7 Å². The molecular weight excluding hydrogens is 226 g/mol. The second kappa shape index (κ2) is 5.54. The molecule has 2 rings (SSSR count). The van der Waals surface area contributed by atoms with Crippen LogP contribution in [0.1, 0.15) is 12.5 Å². The Labute approximate surface area is 107 Å². The van der Waals surface area contributed by atoms with Crippen LogP contribution >= 0.6 is 0 Å². The average Bonchev–Trinajstić information content (AvgIpc) is 2.36. The maximum Gasteiger partial charge on any atom is 0.339 e. The van der Waals surface area contributed by atoms with Crippen LogP contribution in [-0.4, -0.2) is 24.5 Å². The predicted octanol–water partition coefficient (Wildman–Crippen LogP) is 2.51. The largest absolute Gasteiger partial charge is 0.457 e. The summed E-state index contributed by atoms with van der Waals surface area (Å²) in [5.41, 5.74) is 2.76. The molecule has 0 bridgehead atoms. The number of carbonyl (C=O) groups excluding carboxylic acids is 1. The molecule has 0 fully saturated rings. The lowest BCUT2D eigenvalue weighted by atomic mass is 10.1. The van der Waals surface area contributed by atoms with Gasteiger partial charge in [-0.2, -0.15) is 0 Å². The highest BCUT2D eigenvalue weighted by molar-refractivity contribution is 5.91. The molecule has 1 aliphatic rings. The number of ether oxygens (including phenoxy) is 1. The van der Waals surface area contributed by atoms with E-state index in [1.807, 2.05) is 61.5 Å². The highest BCUT2D eigenvalue weighted by Gasteiger charge is 2.14. The quantitative estimate of drug-likeness (QED) is 0.764. The molecule has 0 aromatic heterocycles. The lowest BCUT2D eigenvalue weighted by Crippen LogP contribution is -2.21. The zero-order valence-electron chi connectivity index (χ0n) is 10.7. The summed E-state index contributed by atoms with van der Waals surface area (Å²) in [4.78, 5) is 13.9. The van der Waals surface area contributed by atoms with Crippen molar-refractivity contribution in [1.29, 1.82) is 0 Å². The van der Waals surface area contributed by atoms with Crippen molar-refractivity contribution in [3.05, 3.63) is 59.3 Å². The zero-order valence-corrected chi connectivity index (χ0v) is 10.7. The van der Waals surface area contributed by atoms with Crippen molar-refractivity contribution in [3.63, 3.8) is 0 Å². The van der Waals surface area contributed by atoms with E-state index in [1.165, 1.54) is 0 Å². The molecule has 1 aliphatic heterocycles. The third-order valence-corrected chi connectivity index (χ3v) is 2.71. The Balaban J connectivity index is 1.97. The molecule has 1 heterocycles. The molecule has 1 aromatic carbocycles. The van der Waals surface area contributed by atoms with Gasteiger partial charge in [-0.25, -0.2) is 4.79 Å². The van der Waals surface area contributed by atoms with E-state index in [4.69, 9.17) is 4.74 Å². The summed E-state index contributed by atoms with van der Waals surface area (Å²) in [6.07, 6.45) is 3.70. The lowest BCUT2D eigenvalue weighted by molar-refractivity contribution is -0.140. The molecule has 0 radical (unpaired) electrons. The van der Waals surface area contributed by atoms with Crippen molar-refractivity contribution in [3.8, 4) is 0 Å². The van der Waals surface area contributed by atoms with Crippen LogP contribution < -0.4 is 0 Å². The maximum atomic E-state index is 11.9. The molecule has 3 nitrogen and oxygen atoms in total. The van der Waals surface area contributed by atoms with Crippen LogP contribution in [0, 0.1) is 0 Å². The Morgan fingerprint density at radius 3 is 2.72 bits per heavy atom. The minimum Gasteiger partial charge on any atom is -0.457 e. The van der Waals surface area contributed by atoms with Gasteiger partial charge in [0.05, 0.1) is 5.57 Å². The first kappa shape index (κ1) is 12.4. The first-order valence-corrected chi connectivity index (χ1v) is 5.95. The molecule has 0 atom stereocenters. The molecule has 18 heavy (non-hydrogen) atoms. The minimum absolute atomic E-state index is 0.273. The second-order valence-corrected chi connectivity index (χ2v) is 4.55. The summed E-state index contributed by atoms with van der Waals surface area (Å²) < 4.78 is 5.29. The van der Waals surface area contributed by atoms with Crippen molar-refractivity contribution < 1.29 is 9.53 Å². The molecule has 0 aliphatic carbocycles. The highest BCUT2D eigenvalue weighted by Crippen LogP contribution is 2.14. The van der Waals surface area contributed by atoms with E-state index in [1.54, 1.807) is 0 Å². The van der Waals surface area contributed by atoms with Crippen LogP contribution in [0.5, 0.6) is 0 Å². The number of likely N-dealkylation sites (N-methyl/N-ethyl adjacent to an activating group) is 1.